The van der Waals surface area contributed by atoms with Crippen LogP contribution in [0.3, 0.4) is 0 Å². The van der Waals surface area contributed by atoms with Crippen molar-refractivity contribution in [1.29, 1.82) is 0 Å². The van der Waals surface area contributed by atoms with Gasteiger partial charge in [-0.05, 0) is 0 Å². The summed E-state index contributed by atoms with van der Waals surface area (Å²) in [5.74, 6) is -0.531. The molecule has 0 bridgehead atoms. The Bertz CT molecular complexity index is 710. The molecule has 0 aromatic carbocycles. The van der Waals surface area contributed by atoms with Crippen molar-refractivity contribution in [3.05, 3.63) is 54.5 Å². The third-order valence-corrected chi connectivity index (χ3v) is 1.40. The first kappa shape index (κ1) is 28.0. The van der Waals surface area contributed by atoms with Crippen LogP contribution >= 0.6 is 0 Å². The SMILES string of the molecule is CC(=O)N=c1nc[nH][nH]1.CC(=O)N=c1nc[nH][nH]1.O=[N+]([O-])[O-].O=[N+]([O-])[O-].[Cu+2]. The van der Waals surface area contributed by atoms with Crippen LogP contribution in [-0.4, -0.2) is 52.4 Å². The summed E-state index contributed by atoms with van der Waals surface area (Å²) in [5, 5.41) is 39.7. The molecule has 2 aromatic heterocycles. The summed E-state index contributed by atoms with van der Waals surface area (Å²) in [4.78, 5) is 51.3. The van der Waals surface area contributed by atoms with Gasteiger partial charge in [0.2, 0.25) is 23.1 Å². The summed E-state index contributed by atoms with van der Waals surface area (Å²) in [7, 11) is 0. The molecule has 1 radical (unpaired) electrons. The van der Waals surface area contributed by atoms with Crippen LogP contribution in [0.15, 0.2) is 22.6 Å². The fraction of sp³-hybridized carbons (Fsp3) is 0.250. The minimum atomic E-state index is -1.75. The molecule has 27 heavy (non-hydrogen) atoms. The summed E-state index contributed by atoms with van der Waals surface area (Å²) >= 11 is 0. The predicted molar refractivity (Wildman–Crippen MR) is 79.1 cm³/mol. The predicted octanol–water partition coefficient (Wildman–Crippen LogP) is -2.11. The van der Waals surface area contributed by atoms with Crippen molar-refractivity contribution in [2.75, 3.05) is 0 Å². The van der Waals surface area contributed by atoms with Crippen molar-refractivity contribution >= 4 is 11.8 Å². The Balaban J connectivity index is -0.000000303. The van der Waals surface area contributed by atoms with Gasteiger partial charge in [-0.3, -0.25) is 30.0 Å². The molecule has 18 nitrogen and oxygen atoms in total. The Morgan fingerprint density at radius 3 is 1.26 bits per heavy atom. The number of amides is 2. The maximum Gasteiger partial charge on any atom is 2.00 e. The number of aromatic amines is 4. The molecule has 2 rings (SSSR count). The molecule has 0 saturated carbocycles. The van der Waals surface area contributed by atoms with Gasteiger partial charge in [-0.1, -0.05) is 0 Å². The van der Waals surface area contributed by atoms with Crippen LogP contribution in [0.25, 0.3) is 0 Å². The van der Waals surface area contributed by atoms with Crippen LogP contribution in [-0.2, 0) is 26.7 Å². The maximum absolute atomic E-state index is 10.3. The van der Waals surface area contributed by atoms with Gasteiger partial charge in [0, 0.05) is 13.8 Å². The molecule has 153 valence electrons. The normalized spacial score (nSPS) is 9.70. The number of carbonyl (C=O) groups excluding carboxylic acids is 2. The topological polar surface area (TPSA) is 280 Å². The molecule has 2 heterocycles. The van der Waals surface area contributed by atoms with Gasteiger partial charge in [0.15, 0.2) is 0 Å². The summed E-state index contributed by atoms with van der Waals surface area (Å²) in [6, 6.07) is 0. The zero-order valence-electron chi connectivity index (χ0n) is 13.4. The number of nitrogens with zero attached hydrogens (tertiary/aromatic N) is 6. The van der Waals surface area contributed by atoms with E-state index in [1.165, 1.54) is 26.5 Å². The van der Waals surface area contributed by atoms with E-state index < -0.39 is 10.2 Å². The Morgan fingerprint density at radius 1 is 0.852 bits per heavy atom. The second-order valence-electron chi connectivity index (χ2n) is 3.41. The largest absolute Gasteiger partial charge is 2.00 e. The fourth-order valence-corrected chi connectivity index (χ4v) is 0.857. The van der Waals surface area contributed by atoms with Crippen LogP contribution in [0.2, 0.25) is 0 Å². The maximum atomic E-state index is 10.3. The fourth-order valence-electron chi connectivity index (χ4n) is 0.857. The molecule has 2 amide bonds. The summed E-state index contributed by atoms with van der Waals surface area (Å²) in [5.41, 5.74) is 0.616. The van der Waals surface area contributed by atoms with E-state index >= 15 is 0 Å². The number of aromatic nitrogens is 6. The van der Waals surface area contributed by atoms with Crippen molar-refractivity contribution in [1.82, 2.24) is 30.4 Å². The first-order valence-electron chi connectivity index (χ1n) is 5.94. The molecule has 0 fully saturated rings. The van der Waals surface area contributed by atoms with Gasteiger partial charge in [-0.25, -0.2) is 9.97 Å². The molecule has 0 aliphatic heterocycles. The van der Waals surface area contributed by atoms with E-state index in [2.05, 4.69) is 40.3 Å². The van der Waals surface area contributed by atoms with Crippen molar-refractivity contribution < 1.29 is 36.8 Å². The Hall–Kier alpha value is -3.86. The monoisotopic (exact) mass is 439 g/mol. The molecule has 0 aliphatic carbocycles. The quantitative estimate of drug-likeness (QED) is 0.196. The van der Waals surface area contributed by atoms with Gasteiger partial charge in [0.1, 0.15) is 12.7 Å². The van der Waals surface area contributed by atoms with Gasteiger partial charge in [-0.2, -0.15) is 9.98 Å². The van der Waals surface area contributed by atoms with Gasteiger partial charge in [0.05, 0.1) is 10.2 Å². The van der Waals surface area contributed by atoms with E-state index in [1.807, 2.05) is 0 Å². The number of hydrogen-bond acceptors (Lipinski definition) is 10. The molecule has 19 heteroatoms. The van der Waals surface area contributed by atoms with Crippen LogP contribution in [0.4, 0.5) is 0 Å². The van der Waals surface area contributed by atoms with Gasteiger partial charge < -0.3 is 30.6 Å². The zero-order chi connectivity index (χ0) is 20.5. The summed E-state index contributed by atoms with van der Waals surface area (Å²) in [6.45, 7) is 2.73. The number of carbonyl (C=O) groups is 2. The van der Waals surface area contributed by atoms with E-state index in [4.69, 9.17) is 30.6 Å². The van der Waals surface area contributed by atoms with Gasteiger partial charge in [-0.15, -0.1) is 0 Å². The summed E-state index contributed by atoms with van der Waals surface area (Å²) in [6.07, 6.45) is 2.84. The molecular formula is C8H12CuN10O8. The van der Waals surface area contributed by atoms with Crippen LogP contribution in [0.1, 0.15) is 13.8 Å². The molecule has 2 aromatic rings. The number of H-pyrrole nitrogens is 4. The Kier molecular flexibility index (Phi) is 17.6. The van der Waals surface area contributed by atoms with Crippen LogP contribution in [0.5, 0.6) is 0 Å². The number of rotatable bonds is 0. The van der Waals surface area contributed by atoms with E-state index in [1.54, 1.807) is 0 Å². The first-order valence-corrected chi connectivity index (χ1v) is 5.94. The molecule has 0 spiro atoms. The van der Waals surface area contributed by atoms with Crippen molar-refractivity contribution in [3.63, 3.8) is 0 Å². The molecule has 0 atom stereocenters. The third kappa shape index (κ3) is 27.3. The number of nitrogens with one attached hydrogen (secondary N) is 4. The van der Waals surface area contributed by atoms with E-state index in [-0.39, 0.29) is 28.9 Å². The third-order valence-electron chi connectivity index (χ3n) is 1.40. The second kappa shape index (κ2) is 17.0. The summed E-state index contributed by atoms with van der Waals surface area (Å²) < 4.78 is 0. The van der Waals surface area contributed by atoms with E-state index in [0.717, 1.165) is 0 Å². The van der Waals surface area contributed by atoms with Crippen molar-refractivity contribution in [2.45, 2.75) is 13.8 Å². The van der Waals surface area contributed by atoms with E-state index in [9.17, 15) is 9.59 Å². The first-order chi connectivity index (χ1) is 12.0. The average Bonchev–Trinajstić information content (AvgIpc) is 3.10. The second-order valence-corrected chi connectivity index (χ2v) is 3.41. The zero-order valence-corrected chi connectivity index (χ0v) is 14.3. The molecule has 0 unspecified atom stereocenters. The molecule has 0 aliphatic rings. The Labute approximate surface area is 158 Å². The number of hydrogen-bond donors (Lipinski definition) is 4. The minimum absolute atomic E-state index is 0. The minimum Gasteiger partial charge on any atom is -0.356 e. The van der Waals surface area contributed by atoms with Crippen LogP contribution in [0, 0.1) is 30.6 Å². The van der Waals surface area contributed by atoms with Crippen molar-refractivity contribution in [3.8, 4) is 0 Å². The standard InChI is InChI=1S/2C4H6N4O.Cu.2NO3/c2*1-3(9)7-4-5-2-6-8-4;;2*2-1(3)4/h2*2H,1H3,(H2,5,6,7,8,9);;;/q;;+2;2*-1. The molecule has 0 saturated heterocycles. The van der Waals surface area contributed by atoms with Crippen molar-refractivity contribution in [2.24, 2.45) is 9.98 Å². The Morgan fingerprint density at radius 2 is 1.11 bits per heavy atom. The average molecular weight is 440 g/mol. The smallest absolute Gasteiger partial charge is 0.356 e. The molecule has 4 N–H and O–H groups in total. The van der Waals surface area contributed by atoms with E-state index in [0.29, 0.717) is 11.2 Å². The van der Waals surface area contributed by atoms with Crippen LogP contribution < -0.4 is 11.2 Å². The van der Waals surface area contributed by atoms with Gasteiger partial charge >= 0.3 is 17.1 Å². The van der Waals surface area contributed by atoms with Gasteiger partial charge in [0.25, 0.3) is 0 Å². The molecular weight excluding hydrogens is 428 g/mol.